The molecule has 0 saturated heterocycles. The standard InChI is InChI=1S/C11H19N/c1-3-5-6-10(4-2)11-7-8-12-9-11/h7-10,12H,3-6H2,1-2H3. The van der Waals surface area contributed by atoms with Gasteiger partial charge >= 0.3 is 0 Å². The first-order valence-electron chi connectivity index (χ1n) is 5.01. The predicted molar refractivity (Wildman–Crippen MR) is 53.3 cm³/mol. The highest BCUT2D eigenvalue weighted by Crippen LogP contribution is 2.24. The van der Waals surface area contributed by atoms with Crippen molar-refractivity contribution in [3.63, 3.8) is 0 Å². The van der Waals surface area contributed by atoms with Crippen molar-refractivity contribution >= 4 is 0 Å². The summed E-state index contributed by atoms with van der Waals surface area (Å²) >= 11 is 0. The number of rotatable bonds is 5. The molecule has 1 aromatic rings. The van der Waals surface area contributed by atoms with Gasteiger partial charge in [0.2, 0.25) is 0 Å². The zero-order valence-electron chi connectivity index (χ0n) is 8.14. The molecule has 1 heteroatoms. The lowest BCUT2D eigenvalue weighted by molar-refractivity contribution is 0.570. The second-order valence-corrected chi connectivity index (χ2v) is 3.39. The molecule has 0 aliphatic rings. The van der Waals surface area contributed by atoms with E-state index in [1.54, 1.807) is 0 Å². The van der Waals surface area contributed by atoms with Crippen molar-refractivity contribution in [2.24, 2.45) is 0 Å². The van der Waals surface area contributed by atoms with Crippen molar-refractivity contribution in [1.29, 1.82) is 0 Å². The topological polar surface area (TPSA) is 15.8 Å². The SMILES string of the molecule is CCCCC(CC)c1cc[nH]c1. The monoisotopic (exact) mass is 165 g/mol. The van der Waals surface area contributed by atoms with Crippen molar-refractivity contribution in [1.82, 2.24) is 4.98 Å². The molecule has 0 radical (unpaired) electrons. The summed E-state index contributed by atoms with van der Waals surface area (Å²) in [6, 6.07) is 2.20. The van der Waals surface area contributed by atoms with Crippen LogP contribution in [0.25, 0.3) is 0 Å². The smallest absolute Gasteiger partial charge is 0.00401 e. The fourth-order valence-corrected chi connectivity index (χ4v) is 1.65. The van der Waals surface area contributed by atoms with Gasteiger partial charge in [-0.15, -0.1) is 0 Å². The Morgan fingerprint density at radius 3 is 2.75 bits per heavy atom. The van der Waals surface area contributed by atoms with Crippen LogP contribution in [0.1, 0.15) is 51.0 Å². The predicted octanol–water partition coefficient (Wildman–Crippen LogP) is 3.70. The number of nitrogens with one attached hydrogen (secondary N) is 1. The molecule has 1 aromatic heterocycles. The number of aromatic nitrogens is 1. The first-order chi connectivity index (χ1) is 5.88. The molecular weight excluding hydrogens is 146 g/mol. The Morgan fingerprint density at radius 2 is 2.25 bits per heavy atom. The molecule has 1 unspecified atom stereocenters. The van der Waals surface area contributed by atoms with Gasteiger partial charge in [-0.2, -0.15) is 0 Å². The summed E-state index contributed by atoms with van der Waals surface area (Å²) < 4.78 is 0. The number of hydrogen-bond donors (Lipinski definition) is 1. The maximum atomic E-state index is 3.12. The van der Waals surface area contributed by atoms with Gasteiger partial charge < -0.3 is 4.98 Å². The third kappa shape index (κ3) is 2.40. The van der Waals surface area contributed by atoms with Crippen molar-refractivity contribution in [2.45, 2.75) is 45.4 Å². The van der Waals surface area contributed by atoms with Gasteiger partial charge in [0.15, 0.2) is 0 Å². The molecule has 1 nitrogen and oxygen atoms in total. The van der Waals surface area contributed by atoms with Crippen LogP contribution in [0.5, 0.6) is 0 Å². The Hall–Kier alpha value is -0.720. The van der Waals surface area contributed by atoms with E-state index in [0.29, 0.717) is 0 Å². The number of unbranched alkanes of at least 4 members (excludes halogenated alkanes) is 1. The molecule has 1 heterocycles. The van der Waals surface area contributed by atoms with Crippen LogP contribution in [0, 0.1) is 0 Å². The van der Waals surface area contributed by atoms with Gasteiger partial charge in [0, 0.05) is 12.4 Å². The second-order valence-electron chi connectivity index (χ2n) is 3.39. The van der Waals surface area contributed by atoms with Gasteiger partial charge in [0.1, 0.15) is 0 Å². The Balaban J connectivity index is 2.45. The maximum Gasteiger partial charge on any atom is 0.00401 e. The quantitative estimate of drug-likeness (QED) is 0.684. The first-order valence-corrected chi connectivity index (χ1v) is 5.01. The molecule has 12 heavy (non-hydrogen) atoms. The molecule has 68 valence electrons. The maximum absolute atomic E-state index is 3.12. The average Bonchev–Trinajstić information content (AvgIpc) is 2.59. The third-order valence-corrected chi connectivity index (χ3v) is 2.49. The van der Waals surface area contributed by atoms with Gasteiger partial charge in [-0.25, -0.2) is 0 Å². The summed E-state index contributed by atoms with van der Waals surface area (Å²) in [5.74, 6) is 0.774. The molecule has 0 aromatic carbocycles. The summed E-state index contributed by atoms with van der Waals surface area (Å²) in [6.45, 7) is 4.52. The fraction of sp³-hybridized carbons (Fsp3) is 0.636. The molecule has 0 bridgehead atoms. The van der Waals surface area contributed by atoms with Crippen LogP contribution in [-0.4, -0.2) is 4.98 Å². The number of aromatic amines is 1. The highest BCUT2D eigenvalue weighted by Gasteiger charge is 2.07. The average molecular weight is 165 g/mol. The molecule has 0 fully saturated rings. The molecule has 0 aliphatic heterocycles. The molecular formula is C11H19N. The summed E-state index contributed by atoms with van der Waals surface area (Å²) in [4.78, 5) is 3.12. The van der Waals surface area contributed by atoms with Crippen LogP contribution in [0.4, 0.5) is 0 Å². The minimum atomic E-state index is 0.774. The normalized spacial score (nSPS) is 13.2. The third-order valence-electron chi connectivity index (χ3n) is 2.49. The number of hydrogen-bond acceptors (Lipinski definition) is 0. The zero-order chi connectivity index (χ0) is 8.81. The summed E-state index contributed by atoms with van der Waals surface area (Å²) in [5, 5.41) is 0. The minimum Gasteiger partial charge on any atom is -0.367 e. The van der Waals surface area contributed by atoms with Gasteiger partial charge in [-0.1, -0.05) is 26.7 Å². The molecule has 0 saturated carbocycles. The fourth-order valence-electron chi connectivity index (χ4n) is 1.65. The van der Waals surface area contributed by atoms with E-state index >= 15 is 0 Å². The van der Waals surface area contributed by atoms with E-state index in [2.05, 4.69) is 31.1 Å². The van der Waals surface area contributed by atoms with Crippen LogP contribution >= 0.6 is 0 Å². The Bertz CT molecular complexity index is 189. The minimum absolute atomic E-state index is 0.774. The lowest BCUT2D eigenvalue weighted by Crippen LogP contribution is -1.94. The van der Waals surface area contributed by atoms with Gasteiger partial charge in [-0.05, 0) is 30.4 Å². The number of H-pyrrole nitrogens is 1. The van der Waals surface area contributed by atoms with Crippen LogP contribution < -0.4 is 0 Å². The Morgan fingerprint density at radius 1 is 1.42 bits per heavy atom. The Kier molecular flexibility index (Phi) is 3.92. The van der Waals surface area contributed by atoms with E-state index in [1.807, 2.05) is 6.20 Å². The highest BCUT2D eigenvalue weighted by atomic mass is 14.6. The van der Waals surface area contributed by atoms with E-state index in [-0.39, 0.29) is 0 Å². The van der Waals surface area contributed by atoms with Crippen molar-refractivity contribution in [3.05, 3.63) is 24.0 Å². The van der Waals surface area contributed by atoms with Crippen molar-refractivity contribution in [3.8, 4) is 0 Å². The van der Waals surface area contributed by atoms with E-state index in [1.165, 1.54) is 31.2 Å². The highest BCUT2D eigenvalue weighted by molar-refractivity contribution is 5.14. The van der Waals surface area contributed by atoms with Crippen LogP contribution in [0.3, 0.4) is 0 Å². The largest absolute Gasteiger partial charge is 0.367 e. The summed E-state index contributed by atoms with van der Waals surface area (Å²) in [5.41, 5.74) is 1.48. The van der Waals surface area contributed by atoms with Gasteiger partial charge in [0.05, 0.1) is 0 Å². The summed E-state index contributed by atoms with van der Waals surface area (Å²) in [7, 11) is 0. The second kappa shape index (κ2) is 5.02. The molecule has 0 spiro atoms. The molecule has 1 atom stereocenters. The lowest BCUT2D eigenvalue weighted by Gasteiger charge is -2.11. The van der Waals surface area contributed by atoms with Crippen molar-refractivity contribution < 1.29 is 0 Å². The van der Waals surface area contributed by atoms with Crippen LogP contribution in [0.2, 0.25) is 0 Å². The molecule has 1 rings (SSSR count). The van der Waals surface area contributed by atoms with E-state index in [9.17, 15) is 0 Å². The van der Waals surface area contributed by atoms with E-state index in [4.69, 9.17) is 0 Å². The van der Waals surface area contributed by atoms with Gasteiger partial charge in [-0.3, -0.25) is 0 Å². The zero-order valence-corrected chi connectivity index (χ0v) is 8.14. The van der Waals surface area contributed by atoms with E-state index < -0.39 is 0 Å². The first kappa shape index (κ1) is 9.37. The summed E-state index contributed by atoms with van der Waals surface area (Å²) in [6.07, 6.45) is 9.40. The van der Waals surface area contributed by atoms with Crippen LogP contribution in [0.15, 0.2) is 18.5 Å². The van der Waals surface area contributed by atoms with Crippen molar-refractivity contribution in [2.75, 3.05) is 0 Å². The molecule has 0 amide bonds. The Labute approximate surface area is 75.2 Å². The molecule has 1 N–H and O–H groups in total. The van der Waals surface area contributed by atoms with E-state index in [0.717, 1.165) is 5.92 Å². The lowest BCUT2D eigenvalue weighted by atomic mass is 9.93. The molecule has 0 aliphatic carbocycles. The van der Waals surface area contributed by atoms with Crippen LogP contribution in [-0.2, 0) is 0 Å². The van der Waals surface area contributed by atoms with Gasteiger partial charge in [0.25, 0.3) is 0 Å².